The Kier molecular flexibility index (Phi) is 4.19. The molecular weight excluding hydrogens is 244 g/mol. The number of primary sulfonamides is 1. The zero-order chi connectivity index (χ0) is 13.1. The Hall–Kier alpha value is -1.47. The summed E-state index contributed by atoms with van der Waals surface area (Å²) in [6.45, 7) is 1.95. The van der Waals surface area contributed by atoms with Gasteiger partial charge in [-0.3, -0.25) is 10.1 Å². The Morgan fingerprint density at radius 3 is 2.53 bits per heavy atom. The van der Waals surface area contributed by atoms with Crippen LogP contribution in [0.5, 0.6) is 0 Å². The monoisotopic (exact) mass is 258 g/mol. The number of hydrogen-bond donors (Lipinski definition) is 1. The highest BCUT2D eigenvalue weighted by atomic mass is 32.2. The van der Waals surface area contributed by atoms with Crippen LogP contribution >= 0.6 is 0 Å². The minimum absolute atomic E-state index is 0.0310. The van der Waals surface area contributed by atoms with E-state index in [1.165, 1.54) is 12.1 Å². The molecule has 0 spiro atoms. The smallest absolute Gasteiger partial charge is 0.258 e. The van der Waals surface area contributed by atoms with Crippen LogP contribution in [-0.2, 0) is 16.4 Å². The number of rotatable bonds is 5. The number of non-ortho nitro benzene ring substituents is 1. The lowest BCUT2D eigenvalue weighted by Crippen LogP contribution is -2.14. The van der Waals surface area contributed by atoms with Crippen molar-refractivity contribution in [2.45, 2.75) is 31.1 Å². The van der Waals surface area contributed by atoms with Crippen LogP contribution < -0.4 is 5.14 Å². The molecule has 1 aromatic carbocycles. The van der Waals surface area contributed by atoms with Gasteiger partial charge in [-0.1, -0.05) is 13.3 Å². The first-order valence-corrected chi connectivity index (χ1v) is 6.71. The van der Waals surface area contributed by atoms with Gasteiger partial charge in [-0.2, -0.15) is 0 Å². The zero-order valence-electron chi connectivity index (χ0n) is 9.42. The second kappa shape index (κ2) is 5.24. The summed E-state index contributed by atoms with van der Waals surface area (Å²) < 4.78 is 22.6. The molecule has 17 heavy (non-hydrogen) atoms. The fourth-order valence-corrected chi connectivity index (χ4v) is 2.30. The molecule has 0 aliphatic carbocycles. The van der Waals surface area contributed by atoms with Gasteiger partial charge in [0.25, 0.3) is 5.69 Å². The van der Waals surface area contributed by atoms with Crippen molar-refractivity contribution in [3.8, 4) is 0 Å². The first kappa shape index (κ1) is 13.6. The molecule has 94 valence electrons. The van der Waals surface area contributed by atoms with E-state index in [-0.39, 0.29) is 10.6 Å². The van der Waals surface area contributed by atoms with Crippen molar-refractivity contribution in [1.82, 2.24) is 0 Å². The van der Waals surface area contributed by atoms with Crippen molar-refractivity contribution < 1.29 is 13.3 Å². The van der Waals surface area contributed by atoms with E-state index in [2.05, 4.69) is 0 Å². The minimum Gasteiger partial charge on any atom is -0.258 e. The number of unbranched alkanes of at least 4 members (excludes halogenated alkanes) is 1. The Morgan fingerprint density at radius 1 is 1.41 bits per heavy atom. The average molecular weight is 258 g/mol. The number of aryl methyl sites for hydroxylation is 1. The van der Waals surface area contributed by atoms with Crippen LogP contribution in [-0.4, -0.2) is 13.3 Å². The molecule has 1 aromatic rings. The summed E-state index contributed by atoms with van der Waals surface area (Å²) in [5.41, 5.74) is 0.284. The van der Waals surface area contributed by atoms with Crippen LogP contribution in [0, 0.1) is 10.1 Å². The molecule has 0 amide bonds. The summed E-state index contributed by atoms with van der Waals surface area (Å²) in [7, 11) is -3.83. The average Bonchev–Trinajstić information content (AvgIpc) is 2.24. The molecule has 0 unspecified atom stereocenters. The van der Waals surface area contributed by atoms with Gasteiger partial charge in [0, 0.05) is 12.1 Å². The number of nitrogens with two attached hydrogens (primary N) is 1. The lowest BCUT2D eigenvalue weighted by molar-refractivity contribution is -0.385. The second-order valence-corrected chi connectivity index (χ2v) is 5.23. The van der Waals surface area contributed by atoms with Gasteiger partial charge in [0.1, 0.15) is 0 Å². The number of nitro groups is 1. The molecule has 0 saturated carbocycles. The summed E-state index contributed by atoms with van der Waals surface area (Å²) >= 11 is 0. The van der Waals surface area contributed by atoms with Crippen LogP contribution in [0.2, 0.25) is 0 Å². The highest BCUT2D eigenvalue weighted by Crippen LogP contribution is 2.22. The summed E-state index contributed by atoms with van der Waals surface area (Å²) in [6, 6.07) is 3.61. The molecule has 7 heteroatoms. The van der Waals surface area contributed by atoms with E-state index >= 15 is 0 Å². The Morgan fingerprint density at radius 2 is 2.06 bits per heavy atom. The lowest BCUT2D eigenvalue weighted by atomic mass is 10.1. The SMILES string of the molecule is CCCCc1cc([N+](=O)[O-])ccc1S(N)(=O)=O. The van der Waals surface area contributed by atoms with E-state index in [1.54, 1.807) is 0 Å². The maximum absolute atomic E-state index is 11.3. The van der Waals surface area contributed by atoms with Crippen LogP contribution in [0.4, 0.5) is 5.69 Å². The van der Waals surface area contributed by atoms with Crippen molar-refractivity contribution in [2.75, 3.05) is 0 Å². The fourth-order valence-electron chi connectivity index (χ4n) is 1.52. The van der Waals surface area contributed by atoms with Gasteiger partial charge in [-0.25, -0.2) is 13.6 Å². The van der Waals surface area contributed by atoms with E-state index in [0.29, 0.717) is 12.0 Å². The largest absolute Gasteiger partial charge is 0.269 e. The standard InChI is InChI=1S/C10H14N2O4S/c1-2-3-4-8-7-9(12(13)14)5-6-10(8)17(11,15)16/h5-7H,2-4H2,1H3,(H2,11,15,16). The van der Waals surface area contributed by atoms with Crippen molar-refractivity contribution >= 4 is 15.7 Å². The highest BCUT2D eigenvalue weighted by Gasteiger charge is 2.17. The molecule has 0 aliphatic rings. The van der Waals surface area contributed by atoms with E-state index in [0.717, 1.165) is 18.9 Å². The molecule has 0 heterocycles. The molecule has 2 N–H and O–H groups in total. The number of nitro benzene ring substituents is 1. The van der Waals surface area contributed by atoms with Crippen LogP contribution in [0.1, 0.15) is 25.3 Å². The normalized spacial score (nSPS) is 11.4. The van der Waals surface area contributed by atoms with Gasteiger partial charge < -0.3 is 0 Å². The predicted molar refractivity (Wildman–Crippen MR) is 63.1 cm³/mol. The van der Waals surface area contributed by atoms with Crippen LogP contribution in [0.3, 0.4) is 0 Å². The van der Waals surface area contributed by atoms with E-state index in [4.69, 9.17) is 5.14 Å². The molecule has 0 saturated heterocycles. The fraction of sp³-hybridized carbons (Fsp3) is 0.400. The molecule has 0 radical (unpaired) electrons. The van der Waals surface area contributed by atoms with Gasteiger partial charge in [-0.05, 0) is 24.5 Å². The van der Waals surface area contributed by atoms with Gasteiger partial charge in [0.05, 0.1) is 9.82 Å². The van der Waals surface area contributed by atoms with Crippen LogP contribution in [0.15, 0.2) is 23.1 Å². The third kappa shape index (κ3) is 3.50. The molecule has 0 fully saturated rings. The minimum atomic E-state index is -3.83. The highest BCUT2D eigenvalue weighted by molar-refractivity contribution is 7.89. The topological polar surface area (TPSA) is 103 Å². The molecule has 0 aromatic heterocycles. The zero-order valence-corrected chi connectivity index (χ0v) is 10.2. The van der Waals surface area contributed by atoms with Crippen molar-refractivity contribution in [1.29, 1.82) is 0 Å². The Balaban J connectivity index is 3.26. The summed E-state index contributed by atoms with van der Waals surface area (Å²) in [4.78, 5) is 10.0. The Bertz CT molecular complexity index is 525. The third-order valence-corrected chi connectivity index (χ3v) is 3.37. The molecule has 0 atom stereocenters. The Labute approximate surface area is 99.6 Å². The summed E-state index contributed by atoms with van der Waals surface area (Å²) in [5, 5.41) is 15.7. The van der Waals surface area contributed by atoms with E-state index in [9.17, 15) is 18.5 Å². The van der Waals surface area contributed by atoms with E-state index < -0.39 is 14.9 Å². The van der Waals surface area contributed by atoms with Gasteiger partial charge in [0.2, 0.25) is 10.0 Å². The van der Waals surface area contributed by atoms with E-state index in [1.807, 2.05) is 6.92 Å². The van der Waals surface area contributed by atoms with Gasteiger partial charge in [0.15, 0.2) is 0 Å². The molecule has 0 bridgehead atoms. The second-order valence-electron chi connectivity index (χ2n) is 3.70. The lowest BCUT2D eigenvalue weighted by Gasteiger charge is -2.06. The number of hydrogen-bond acceptors (Lipinski definition) is 4. The molecule has 0 aliphatic heterocycles. The molecule has 6 nitrogen and oxygen atoms in total. The number of sulfonamides is 1. The molecular formula is C10H14N2O4S. The maximum Gasteiger partial charge on any atom is 0.269 e. The first-order valence-electron chi connectivity index (χ1n) is 5.16. The number of nitrogens with zero attached hydrogens (tertiary/aromatic N) is 1. The predicted octanol–water partition coefficient (Wildman–Crippen LogP) is 1.58. The first-order chi connectivity index (χ1) is 7.86. The van der Waals surface area contributed by atoms with Crippen molar-refractivity contribution in [2.24, 2.45) is 5.14 Å². The van der Waals surface area contributed by atoms with Crippen LogP contribution in [0.25, 0.3) is 0 Å². The molecule has 1 rings (SSSR count). The van der Waals surface area contributed by atoms with Gasteiger partial charge >= 0.3 is 0 Å². The maximum atomic E-state index is 11.3. The quantitative estimate of drug-likeness (QED) is 0.639. The van der Waals surface area contributed by atoms with Crippen molar-refractivity contribution in [3.63, 3.8) is 0 Å². The third-order valence-electron chi connectivity index (χ3n) is 2.36. The summed E-state index contributed by atoms with van der Waals surface area (Å²) in [6.07, 6.45) is 2.08. The van der Waals surface area contributed by atoms with Gasteiger partial charge in [-0.15, -0.1) is 0 Å². The van der Waals surface area contributed by atoms with Crippen molar-refractivity contribution in [3.05, 3.63) is 33.9 Å². The number of benzene rings is 1. The summed E-state index contributed by atoms with van der Waals surface area (Å²) in [5.74, 6) is 0.